The van der Waals surface area contributed by atoms with Gasteiger partial charge in [0.15, 0.2) is 0 Å². The molecule has 0 aliphatic carbocycles. The van der Waals surface area contributed by atoms with Gasteiger partial charge < -0.3 is 4.74 Å². The number of hydrogen-bond donors (Lipinski definition) is 0. The zero-order valence-corrected chi connectivity index (χ0v) is 9.42. The van der Waals surface area contributed by atoms with Crippen LogP contribution in [-0.4, -0.2) is 26.4 Å². The lowest BCUT2D eigenvalue weighted by atomic mass is 10.3. The van der Waals surface area contributed by atoms with E-state index in [1.807, 2.05) is 19.3 Å². The Labute approximate surface area is 94.1 Å². The fourth-order valence-electron chi connectivity index (χ4n) is 1.29. The molecule has 0 atom stereocenters. The summed E-state index contributed by atoms with van der Waals surface area (Å²) in [5.41, 5.74) is 1.11. The van der Waals surface area contributed by atoms with Crippen molar-refractivity contribution >= 4 is 0 Å². The first-order valence-corrected chi connectivity index (χ1v) is 5.33. The minimum atomic E-state index is 0.558. The van der Waals surface area contributed by atoms with E-state index in [1.165, 1.54) is 0 Å². The van der Waals surface area contributed by atoms with Crippen molar-refractivity contribution in [2.75, 3.05) is 6.61 Å². The number of aryl methyl sites for hydroxylation is 1. The summed E-state index contributed by atoms with van der Waals surface area (Å²) in [6, 6.07) is 1.79. The van der Waals surface area contributed by atoms with Crippen molar-refractivity contribution in [3.05, 3.63) is 30.2 Å². The molecule has 2 aromatic rings. The van der Waals surface area contributed by atoms with Crippen LogP contribution in [0.5, 0.6) is 5.88 Å². The average molecular weight is 218 g/mol. The van der Waals surface area contributed by atoms with Gasteiger partial charge in [-0.05, 0) is 18.9 Å². The van der Waals surface area contributed by atoms with E-state index in [0.717, 1.165) is 12.0 Å². The molecule has 0 radical (unpaired) electrons. The molecule has 0 aliphatic heterocycles. The summed E-state index contributed by atoms with van der Waals surface area (Å²) in [7, 11) is 0. The van der Waals surface area contributed by atoms with Gasteiger partial charge in [-0.25, -0.2) is 14.6 Å². The van der Waals surface area contributed by atoms with Gasteiger partial charge in [0.05, 0.1) is 6.61 Å². The maximum Gasteiger partial charge on any atom is 0.250 e. The second kappa shape index (κ2) is 4.74. The van der Waals surface area contributed by atoms with Crippen molar-refractivity contribution in [1.29, 1.82) is 0 Å². The zero-order chi connectivity index (χ0) is 11.4. The maximum absolute atomic E-state index is 5.27. The highest BCUT2D eigenvalue weighted by Gasteiger charge is 2.03. The molecule has 2 rings (SSSR count). The van der Waals surface area contributed by atoms with Crippen LogP contribution in [-0.2, 0) is 6.42 Å². The number of hydrogen-bond acceptors (Lipinski definition) is 4. The summed E-state index contributed by atoms with van der Waals surface area (Å²) in [6.45, 7) is 4.59. The molecule has 84 valence electrons. The molecule has 0 saturated heterocycles. The second-order valence-electron chi connectivity index (χ2n) is 3.28. The van der Waals surface area contributed by atoms with E-state index in [4.69, 9.17) is 4.74 Å². The standard InChI is InChI=1S/C11H14N4O/c1-3-9-7-12-11(13-8-9)15-6-5-10(14-15)16-4-2/h5-8H,3-4H2,1-2H3. The lowest BCUT2D eigenvalue weighted by Crippen LogP contribution is -2.02. The number of aromatic nitrogens is 4. The van der Waals surface area contributed by atoms with E-state index in [2.05, 4.69) is 22.0 Å². The predicted molar refractivity (Wildman–Crippen MR) is 59.7 cm³/mol. The molecule has 5 heteroatoms. The van der Waals surface area contributed by atoms with E-state index >= 15 is 0 Å². The Bertz CT molecular complexity index is 449. The van der Waals surface area contributed by atoms with Crippen molar-refractivity contribution in [2.45, 2.75) is 20.3 Å². The quantitative estimate of drug-likeness (QED) is 0.782. The van der Waals surface area contributed by atoms with Gasteiger partial charge >= 0.3 is 0 Å². The van der Waals surface area contributed by atoms with E-state index < -0.39 is 0 Å². The Kier molecular flexibility index (Phi) is 3.14. The Morgan fingerprint density at radius 1 is 1.25 bits per heavy atom. The Morgan fingerprint density at radius 2 is 2.00 bits per heavy atom. The van der Waals surface area contributed by atoms with Crippen LogP contribution >= 0.6 is 0 Å². The zero-order valence-electron chi connectivity index (χ0n) is 9.42. The molecule has 0 N–H and O–H groups in total. The Hall–Kier alpha value is -1.91. The molecule has 16 heavy (non-hydrogen) atoms. The summed E-state index contributed by atoms with van der Waals surface area (Å²) in [5, 5.41) is 4.20. The highest BCUT2D eigenvalue weighted by atomic mass is 16.5. The largest absolute Gasteiger partial charge is 0.477 e. The average Bonchev–Trinajstić information content (AvgIpc) is 2.78. The monoisotopic (exact) mass is 218 g/mol. The van der Waals surface area contributed by atoms with Crippen LogP contribution in [0.1, 0.15) is 19.4 Å². The van der Waals surface area contributed by atoms with Gasteiger partial charge in [-0.1, -0.05) is 6.92 Å². The summed E-state index contributed by atoms with van der Waals surface area (Å²) < 4.78 is 6.87. The molecule has 0 saturated carbocycles. The third kappa shape index (κ3) is 2.18. The van der Waals surface area contributed by atoms with E-state index in [1.54, 1.807) is 16.9 Å². The molecule has 0 amide bonds. The summed E-state index contributed by atoms with van der Waals surface area (Å²) in [6.07, 6.45) is 6.34. The molecule has 5 nitrogen and oxygen atoms in total. The molecule has 2 heterocycles. The molecular weight excluding hydrogens is 204 g/mol. The van der Waals surface area contributed by atoms with Crippen LogP contribution in [0.4, 0.5) is 0 Å². The molecule has 2 aromatic heterocycles. The molecule has 0 unspecified atom stereocenters. The van der Waals surface area contributed by atoms with Gasteiger partial charge in [0.25, 0.3) is 5.95 Å². The highest BCUT2D eigenvalue weighted by molar-refractivity contribution is 5.17. The van der Waals surface area contributed by atoms with Gasteiger partial charge in [-0.15, -0.1) is 5.10 Å². The maximum atomic E-state index is 5.27. The third-order valence-electron chi connectivity index (χ3n) is 2.16. The smallest absolute Gasteiger partial charge is 0.250 e. The van der Waals surface area contributed by atoms with Crippen LogP contribution in [0.3, 0.4) is 0 Å². The van der Waals surface area contributed by atoms with Crippen molar-refractivity contribution in [3.8, 4) is 11.8 Å². The van der Waals surface area contributed by atoms with E-state index in [0.29, 0.717) is 18.4 Å². The van der Waals surface area contributed by atoms with Gasteiger partial charge in [-0.2, -0.15) is 0 Å². The van der Waals surface area contributed by atoms with Crippen LogP contribution < -0.4 is 4.74 Å². The van der Waals surface area contributed by atoms with E-state index in [9.17, 15) is 0 Å². The summed E-state index contributed by atoms with van der Waals surface area (Å²) in [5.74, 6) is 1.15. The lowest BCUT2D eigenvalue weighted by Gasteiger charge is -2.00. The van der Waals surface area contributed by atoms with Crippen molar-refractivity contribution < 1.29 is 4.74 Å². The molecule has 0 aliphatic rings. The first-order valence-electron chi connectivity index (χ1n) is 5.33. The minimum absolute atomic E-state index is 0.558. The number of rotatable bonds is 4. The van der Waals surface area contributed by atoms with Crippen LogP contribution in [0.15, 0.2) is 24.7 Å². The number of ether oxygens (including phenoxy) is 1. The molecule has 0 aromatic carbocycles. The fourth-order valence-corrected chi connectivity index (χ4v) is 1.29. The molecule has 0 bridgehead atoms. The van der Waals surface area contributed by atoms with Crippen LogP contribution in [0, 0.1) is 0 Å². The highest BCUT2D eigenvalue weighted by Crippen LogP contribution is 2.08. The van der Waals surface area contributed by atoms with Crippen molar-refractivity contribution in [3.63, 3.8) is 0 Å². The first kappa shape index (κ1) is 10.6. The predicted octanol–water partition coefficient (Wildman–Crippen LogP) is 1.62. The molecular formula is C11H14N4O. The van der Waals surface area contributed by atoms with Gasteiger partial charge in [0.2, 0.25) is 5.88 Å². The Morgan fingerprint density at radius 3 is 2.62 bits per heavy atom. The molecule has 0 spiro atoms. The van der Waals surface area contributed by atoms with Crippen LogP contribution in [0.25, 0.3) is 5.95 Å². The number of nitrogens with zero attached hydrogens (tertiary/aromatic N) is 4. The van der Waals surface area contributed by atoms with Gasteiger partial charge in [0.1, 0.15) is 0 Å². The Balaban J connectivity index is 2.21. The normalized spacial score (nSPS) is 10.4. The lowest BCUT2D eigenvalue weighted by molar-refractivity contribution is 0.324. The minimum Gasteiger partial charge on any atom is -0.477 e. The van der Waals surface area contributed by atoms with Crippen LogP contribution in [0.2, 0.25) is 0 Å². The topological polar surface area (TPSA) is 52.8 Å². The fraction of sp³-hybridized carbons (Fsp3) is 0.364. The van der Waals surface area contributed by atoms with E-state index in [-0.39, 0.29) is 0 Å². The summed E-state index contributed by atoms with van der Waals surface area (Å²) in [4.78, 5) is 8.45. The SMILES string of the molecule is CCOc1ccn(-c2ncc(CC)cn2)n1. The van der Waals surface area contributed by atoms with Crippen molar-refractivity contribution in [1.82, 2.24) is 19.7 Å². The summed E-state index contributed by atoms with van der Waals surface area (Å²) >= 11 is 0. The van der Waals surface area contributed by atoms with Gasteiger partial charge in [0, 0.05) is 24.7 Å². The third-order valence-corrected chi connectivity index (χ3v) is 2.16. The first-order chi connectivity index (χ1) is 7.83. The van der Waals surface area contributed by atoms with Crippen molar-refractivity contribution in [2.24, 2.45) is 0 Å². The second-order valence-corrected chi connectivity index (χ2v) is 3.28. The van der Waals surface area contributed by atoms with Gasteiger partial charge in [-0.3, -0.25) is 0 Å². The molecule has 0 fully saturated rings.